The summed E-state index contributed by atoms with van der Waals surface area (Å²) in [6.07, 6.45) is 19.3. The molecule has 1 heterocycles. The van der Waals surface area contributed by atoms with Gasteiger partial charge in [-0.2, -0.15) is 0 Å². The second kappa shape index (κ2) is 14.5. The second-order valence-corrected chi connectivity index (χ2v) is 21.2. The van der Waals surface area contributed by atoms with Crippen molar-refractivity contribution in [3.8, 4) is 0 Å². The van der Waals surface area contributed by atoms with Crippen LogP contribution >= 0.6 is 0 Å². The van der Waals surface area contributed by atoms with Crippen molar-refractivity contribution in [1.29, 1.82) is 0 Å². The van der Waals surface area contributed by atoms with Gasteiger partial charge in [-0.3, -0.25) is 9.59 Å². The molecule has 1 aromatic rings. The highest BCUT2D eigenvalue weighted by molar-refractivity contribution is 5.78. The summed E-state index contributed by atoms with van der Waals surface area (Å²) in [5.41, 5.74) is 4.90. The summed E-state index contributed by atoms with van der Waals surface area (Å²) in [5.74, 6) is 3.02. The maximum Gasteiger partial charge on any atom is 0.315 e. The first kappa shape index (κ1) is 40.1. The third-order valence-corrected chi connectivity index (χ3v) is 18.5. The lowest BCUT2D eigenvalue weighted by atomic mass is 9.33. The number of amides is 1. The van der Waals surface area contributed by atoms with E-state index in [2.05, 4.69) is 70.5 Å². The molecule has 1 saturated heterocycles. The topological polar surface area (TPSA) is 58.6 Å². The number of nitrogens with zero attached hydrogens (tertiary/aromatic N) is 1. The van der Waals surface area contributed by atoms with Crippen LogP contribution in [0.5, 0.6) is 0 Å². The molecule has 1 amide bonds. The van der Waals surface area contributed by atoms with Gasteiger partial charge in [-0.25, -0.2) is 4.39 Å². The SMILES string of the molecule is C=C(C)[C@@H]1CC[C@]2(NCCN3CCCC3=O)CC[C@]3(C)[C@H](CC[C@@H]4[C@@]5(C)CC=C(C6=CC[C@](CF)(C(=O)OCc7ccccc7)CC6)C(C)(C)[C@@H]5CC[C@]43C)[C@@H]12. The first-order valence-electron chi connectivity index (χ1n) is 22.5. The molecule has 5 nitrogen and oxygen atoms in total. The van der Waals surface area contributed by atoms with E-state index in [1.54, 1.807) is 0 Å². The van der Waals surface area contributed by atoms with E-state index in [1.165, 1.54) is 68.1 Å². The Morgan fingerprint density at radius 2 is 1.70 bits per heavy atom. The van der Waals surface area contributed by atoms with E-state index in [0.29, 0.717) is 54.8 Å². The number of nitrogens with one attached hydrogen (secondary N) is 1. The molecular weight excluding hydrogens is 696 g/mol. The summed E-state index contributed by atoms with van der Waals surface area (Å²) >= 11 is 0. The largest absolute Gasteiger partial charge is 0.460 e. The Hall–Kier alpha value is -2.73. The zero-order valence-electron chi connectivity index (χ0n) is 35.6. The summed E-state index contributed by atoms with van der Waals surface area (Å²) < 4.78 is 20.5. The van der Waals surface area contributed by atoms with Crippen LogP contribution in [0.4, 0.5) is 4.39 Å². The fourth-order valence-corrected chi connectivity index (χ4v) is 15.4. The molecule has 8 rings (SSSR count). The van der Waals surface area contributed by atoms with Crippen molar-refractivity contribution in [3.63, 3.8) is 0 Å². The summed E-state index contributed by atoms with van der Waals surface area (Å²) in [5, 5.41) is 4.20. The summed E-state index contributed by atoms with van der Waals surface area (Å²) in [6.45, 7) is 22.2. The van der Waals surface area contributed by atoms with Crippen molar-refractivity contribution in [3.05, 3.63) is 71.3 Å². The van der Waals surface area contributed by atoms with Crippen LogP contribution in [0.2, 0.25) is 0 Å². The van der Waals surface area contributed by atoms with E-state index < -0.39 is 18.1 Å². The van der Waals surface area contributed by atoms with Crippen LogP contribution in [0.15, 0.2) is 65.8 Å². The van der Waals surface area contributed by atoms with Crippen LogP contribution < -0.4 is 5.32 Å². The third kappa shape index (κ3) is 6.14. The molecule has 56 heavy (non-hydrogen) atoms. The van der Waals surface area contributed by atoms with E-state index >= 15 is 0 Å². The van der Waals surface area contributed by atoms with Gasteiger partial charge in [-0.05, 0) is 158 Å². The van der Waals surface area contributed by atoms with E-state index in [9.17, 15) is 14.0 Å². The van der Waals surface area contributed by atoms with Gasteiger partial charge in [-0.1, -0.05) is 89.3 Å². The molecule has 10 atom stereocenters. The summed E-state index contributed by atoms with van der Waals surface area (Å²) in [4.78, 5) is 27.9. The van der Waals surface area contributed by atoms with E-state index in [0.717, 1.165) is 44.5 Å². The monoisotopic (exact) mass is 767 g/mol. The van der Waals surface area contributed by atoms with Crippen molar-refractivity contribution in [1.82, 2.24) is 10.2 Å². The minimum atomic E-state index is -1.09. The molecule has 1 aliphatic heterocycles. The highest BCUT2D eigenvalue weighted by atomic mass is 19.1. The first-order chi connectivity index (χ1) is 26.6. The number of ether oxygens (including phenoxy) is 1. The quantitative estimate of drug-likeness (QED) is 0.190. The Labute approximate surface area is 337 Å². The van der Waals surface area contributed by atoms with Gasteiger partial charge >= 0.3 is 5.97 Å². The Kier molecular flexibility index (Phi) is 10.4. The van der Waals surface area contributed by atoms with Crippen molar-refractivity contribution >= 4 is 11.9 Å². The van der Waals surface area contributed by atoms with Gasteiger partial charge in [0.05, 0.1) is 5.41 Å². The molecule has 6 aliphatic carbocycles. The molecule has 0 aromatic heterocycles. The van der Waals surface area contributed by atoms with Crippen LogP contribution in [0, 0.1) is 56.7 Å². The molecule has 7 aliphatic rings. The van der Waals surface area contributed by atoms with Gasteiger partial charge < -0.3 is 15.0 Å². The number of fused-ring (bicyclic) bond motifs is 7. The number of allylic oxidation sites excluding steroid dienone is 5. The standard InChI is InChI=1S/C50H71FN2O3/c1-34(2)37-19-26-50(52-29-31-53-30-11-14-42(53)54)28-27-47(6)39(43(37)50)15-16-41-46(5)22-20-38(45(3,4)40(46)21-23-48(41,47)7)36-17-24-49(33-51,25-18-36)44(55)56-32-35-12-9-8-10-13-35/h8-10,12-13,17,20,37,39-41,43,52H,1,11,14-16,18-19,21-33H2,2-7H3/t37-,39+,40-,41+,43+,46-,47+,48+,49-,50-/m0/s1. The zero-order chi connectivity index (χ0) is 39.7. The Balaban J connectivity index is 1.01. The number of halogens is 1. The van der Waals surface area contributed by atoms with Crippen molar-refractivity contribution in [2.45, 2.75) is 144 Å². The van der Waals surface area contributed by atoms with Gasteiger partial charge in [-0.15, -0.1) is 0 Å². The smallest absolute Gasteiger partial charge is 0.315 e. The molecule has 5 fully saturated rings. The average molecular weight is 767 g/mol. The molecular formula is C50H71FN2O3. The number of benzene rings is 1. The molecule has 4 saturated carbocycles. The van der Waals surface area contributed by atoms with Gasteiger partial charge in [0.1, 0.15) is 13.3 Å². The van der Waals surface area contributed by atoms with E-state index in [-0.39, 0.29) is 33.8 Å². The maximum atomic E-state index is 14.8. The van der Waals surface area contributed by atoms with Crippen molar-refractivity contribution in [2.75, 3.05) is 26.3 Å². The van der Waals surface area contributed by atoms with Crippen LogP contribution in [0.1, 0.15) is 137 Å². The van der Waals surface area contributed by atoms with Gasteiger partial charge in [0.15, 0.2) is 0 Å². The minimum absolute atomic E-state index is 0.000310. The zero-order valence-corrected chi connectivity index (χ0v) is 35.6. The number of hydrogen-bond acceptors (Lipinski definition) is 4. The predicted octanol–water partition coefficient (Wildman–Crippen LogP) is 11.0. The molecule has 0 radical (unpaired) electrons. The lowest BCUT2D eigenvalue weighted by Crippen LogP contribution is -2.68. The lowest BCUT2D eigenvalue weighted by Gasteiger charge is -2.72. The highest BCUT2D eigenvalue weighted by Crippen LogP contribution is 2.76. The molecule has 1 aromatic carbocycles. The van der Waals surface area contributed by atoms with Crippen LogP contribution in [-0.2, 0) is 20.9 Å². The second-order valence-electron chi connectivity index (χ2n) is 21.2. The number of carbonyl (C=O) groups excluding carboxylic acids is 2. The number of hydrogen-bond donors (Lipinski definition) is 1. The van der Waals surface area contributed by atoms with Gasteiger partial charge in [0.2, 0.25) is 5.91 Å². The lowest BCUT2D eigenvalue weighted by molar-refractivity contribution is -0.221. The molecule has 1 N–H and O–H groups in total. The van der Waals surface area contributed by atoms with Gasteiger partial charge in [0.25, 0.3) is 0 Å². The van der Waals surface area contributed by atoms with Crippen molar-refractivity contribution in [2.24, 2.45) is 56.7 Å². The number of esters is 1. The maximum absolute atomic E-state index is 14.8. The Morgan fingerprint density at radius 1 is 0.911 bits per heavy atom. The van der Waals surface area contributed by atoms with E-state index in [1.807, 2.05) is 30.3 Å². The number of rotatable bonds is 10. The third-order valence-electron chi connectivity index (χ3n) is 18.5. The fourth-order valence-electron chi connectivity index (χ4n) is 15.4. The van der Waals surface area contributed by atoms with Gasteiger partial charge in [0, 0.05) is 31.6 Å². The van der Waals surface area contributed by atoms with Crippen LogP contribution in [-0.4, -0.2) is 48.6 Å². The van der Waals surface area contributed by atoms with Crippen LogP contribution in [0.3, 0.4) is 0 Å². The molecule has 0 spiro atoms. The Morgan fingerprint density at radius 3 is 2.38 bits per heavy atom. The number of alkyl halides is 1. The molecule has 0 unspecified atom stereocenters. The molecule has 6 heteroatoms. The minimum Gasteiger partial charge on any atom is -0.460 e. The van der Waals surface area contributed by atoms with E-state index in [4.69, 9.17) is 4.74 Å². The highest BCUT2D eigenvalue weighted by Gasteiger charge is 2.70. The fraction of sp³-hybridized carbons (Fsp3) is 0.720. The predicted molar refractivity (Wildman–Crippen MR) is 223 cm³/mol. The molecule has 306 valence electrons. The van der Waals surface area contributed by atoms with Crippen LogP contribution in [0.25, 0.3) is 0 Å². The molecule has 0 bridgehead atoms. The summed E-state index contributed by atoms with van der Waals surface area (Å²) in [7, 11) is 0. The van der Waals surface area contributed by atoms with Crippen molar-refractivity contribution < 1.29 is 18.7 Å². The average Bonchev–Trinajstić information content (AvgIpc) is 3.78. The number of carbonyl (C=O) groups is 2. The number of likely N-dealkylation sites (tertiary alicyclic amines) is 1. The normalized spacial score (nSPS) is 41.4. The summed E-state index contributed by atoms with van der Waals surface area (Å²) in [6, 6.07) is 9.69. The Bertz CT molecular complexity index is 1770. The first-order valence-corrected chi connectivity index (χ1v) is 22.5.